The van der Waals surface area contributed by atoms with Crippen molar-refractivity contribution in [2.45, 2.75) is 252 Å². The van der Waals surface area contributed by atoms with Crippen molar-refractivity contribution in [3.63, 3.8) is 0 Å². The number of ether oxygens (including phenoxy) is 11. The molecule has 3 aliphatic carbocycles. The lowest BCUT2D eigenvalue weighted by molar-refractivity contribution is -0.417. The third-order valence-corrected chi connectivity index (χ3v) is 22.1. The van der Waals surface area contributed by atoms with Gasteiger partial charge < -0.3 is 113 Å². The van der Waals surface area contributed by atoms with Crippen molar-refractivity contribution in [2.24, 2.45) is 28.6 Å². The summed E-state index contributed by atoms with van der Waals surface area (Å²) in [6, 6.07) is 15.2. The van der Waals surface area contributed by atoms with Crippen LogP contribution >= 0.6 is 11.8 Å². The molecule has 8 rings (SSSR count). The number of aliphatic hydroxyl groups excluding tert-OH is 11. The van der Waals surface area contributed by atoms with Gasteiger partial charge in [-0.15, -0.1) is 11.8 Å². The van der Waals surface area contributed by atoms with Crippen molar-refractivity contribution >= 4 is 11.8 Å². The molecule has 27 atom stereocenters. The number of thioether (sulfide) groups is 1. The van der Waals surface area contributed by atoms with Crippen LogP contribution in [0, 0.1) is 28.6 Å². The number of aliphatic hydroxyl groups is 12. The van der Waals surface area contributed by atoms with Crippen LogP contribution in [0.15, 0.2) is 60.7 Å². The van der Waals surface area contributed by atoms with Crippen molar-refractivity contribution in [2.75, 3.05) is 66.5 Å². The Kier molecular flexibility index (Phi) is 28.0. The third kappa shape index (κ3) is 17.7. The predicted octanol–water partition coefficient (Wildman–Crippen LogP) is 1.38. The summed E-state index contributed by atoms with van der Waals surface area (Å²) in [5, 5.41) is 155. The molecule has 2 aromatic rings. The van der Waals surface area contributed by atoms with Crippen LogP contribution < -0.4 is 16.0 Å². The first-order valence-electron chi connectivity index (χ1n) is 33.5. The van der Waals surface area contributed by atoms with E-state index in [-0.39, 0.29) is 26.2 Å². The molecule has 27 heteroatoms. The number of rotatable bonds is 35. The highest BCUT2D eigenvalue weighted by molar-refractivity contribution is 8.01. The van der Waals surface area contributed by atoms with Crippen LogP contribution in [-0.2, 0) is 52.1 Å². The van der Waals surface area contributed by atoms with Gasteiger partial charge in [0.15, 0.2) is 25.2 Å². The summed E-state index contributed by atoms with van der Waals surface area (Å²) in [7, 11) is 1.60. The quantitative estimate of drug-likeness (QED) is 0.0342. The second kappa shape index (κ2) is 33.9. The minimum absolute atomic E-state index is 0.0861. The summed E-state index contributed by atoms with van der Waals surface area (Å²) in [5.41, 5.74) is -7.29. The first kappa shape index (κ1) is 77.5. The van der Waals surface area contributed by atoms with Gasteiger partial charge >= 0.3 is 0 Å². The van der Waals surface area contributed by atoms with Crippen LogP contribution in [0.3, 0.4) is 0 Å². The summed E-state index contributed by atoms with van der Waals surface area (Å²) < 4.78 is 67.7. The zero-order valence-corrected chi connectivity index (χ0v) is 57.0. The van der Waals surface area contributed by atoms with Crippen LogP contribution in [0.5, 0.6) is 0 Å². The topological polar surface area (TPSA) is 380 Å². The number of hydrogen-bond donors (Lipinski definition) is 15. The maximum Gasteiger partial charge on any atom is 0.214 e. The Morgan fingerprint density at radius 2 is 1.38 bits per heavy atom. The maximum atomic E-state index is 14.2. The highest BCUT2D eigenvalue weighted by atomic mass is 32.2. The lowest BCUT2D eigenvalue weighted by Gasteiger charge is -2.71. The fraction of sp³-hybridized carbons (Fsp3) is 0.821. The number of nitrogens with one attached hydrogen (secondary N) is 3. The van der Waals surface area contributed by atoms with Crippen molar-refractivity contribution in [3.05, 3.63) is 71.8 Å². The molecule has 2 bridgehead atoms. The Labute approximate surface area is 557 Å². The Hall–Kier alpha value is -2.25. The fourth-order valence-corrected chi connectivity index (χ4v) is 17.1. The smallest absolute Gasteiger partial charge is 0.214 e. The number of fused-ring (bicyclic) bond motifs is 6. The number of unbranched alkanes of at least 4 members (excludes halogenated alkanes) is 1. The minimum atomic E-state index is -2.26. The average Bonchev–Trinajstić information content (AvgIpc) is 0.787. The normalized spacial score (nSPS) is 36.1. The van der Waals surface area contributed by atoms with Crippen molar-refractivity contribution in [1.29, 1.82) is 0 Å². The molecule has 4 unspecified atom stereocenters. The largest absolute Gasteiger partial charge is 0.392 e. The van der Waals surface area contributed by atoms with Gasteiger partial charge in [-0.25, -0.2) is 0 Å². The second-order valence-electron chi connectivity index (χ2n) is 28.3. The molecule has 0 amide bonds. The van der Waals surface area contributed by atoms with Gasteiger partial charge in [-0.05, 0) is 71.9 Å². The first-order valence-corrected chi connectivity index (χ1v) is 34.5. The van der Waals surface area contributed by atoms with Gasteiger partial charge in [-0.1, -0.05) is 94.8 Å². The van der Waals surface area contributed by atoms with Gasteiger partial charge in [0.1, 0.15) is 36.4 Å². The molecule has 26 nitrogen and oxygen atoms in total. The summed E-state index contributed by atoms with van der Waals surface area (Å²) in [6.45, 7) is 17.9. The Morgan fingerprint density at radius 1 is 0.755 bits per heavy atom. The van der Waals surface area contributed by atoms with E-state index in [2.05, 4.69) is 16.0 Å². The molecular formula is C67H111N3O23S. The van der Waals surface area contributed by atoms with Gasteiger partial charge in [-0.2, -0.15) is 0 Å². The van der Waals surface area contributed by atoms with Gasteiger partial charge in [0, 0.05) is 73.9 Å². The molecule has 94 heavy (non-hydrogen) atoms. The molecule has 3 saturated heterocycles. The highest BCUT2D eigenvalue weighted by Crippen LogP contribution is 2.66. The molecule has 0 spiro atoms. The van der Waals surface area contributed by atoms with E-state index in [1.54, 1.807) is 123 Å². The van der Waals surface area contributed by atoms with Crippen molar-refractivity contribution in [1.82, 2.24) is 16.0 Å². The molecule has 6 fully saturated rings. The molecule has 538 valence electrons. The molecule has 3 saturated carbocycles. The first-order chi connectivity index (χ1) is 44.5. The number of hydrogen-bond acceptors (Lipinski definition) is 27. The molecule has 6 aliphatic rings. The molecule has 3 aliphatic heterocycles. The second-order valence-corrected chi connectivity index (χ2v) is 29.6. The molecule has 2 aromatic carbocycles. The van der Waals surface area contributed by atoms with Crippen LogP contribution in [0.2, 0.25) is 0 Å². The summed E-state index contributed by atoms with van der Waals surface area (Å²) in [5.74, 6) is -3.35. The van der Waals surface area contributed by atoms with Gasteiger partial charge in [0.2, 0.25) is 6.41 Å². The molecule has 0 aromatic heterocycles. The zero-order chi connectivity index (χ0) is 68.5. The number of benzene rings is 2. The monoisotopic (exact) mass is 1360 g/mol. The maximum absolute atomic E-state index is 14.2. The third-order valence-electron chi connectivity index (χ3n) is 20.5. The van der Waals surface area contributed by atoms with E-state index in [4.69, 9.17) is 52.1 Å². The fourth-order valence-electron chi connectivity index (χ4n) is 15.5. The van der Waals surface area contributed by atoms with E-state index in [9.17, 15) is 61.3 Å². The Balaban J connectivity index is 1.08. The average molecular weight is 1360 g/mol. The van der Waals surface area contributed by atoms with E-state index < -0.39 is 179 Å². The predicted molar refractivity (Wildman–Crippen MR) is 343 cm³/mol. The lowest BCUT2D eigenvalue weighted by Crippen LogP contribution is -2.83. The van der Waals surface area contributed by atoms with Crippen molar-refractivity contribution < 1.29 is 113 Å². The van der Waals surface area contributed by atoms with Crippen LogP contribution in [0.25, 0.3) is 0 Å². The summed E-state index contributed by atoms with van der Waals surface area (Å²) in [4.78, 5) is 0. The SMILES string of the molecule is COCCOCCOCC[C@@H](O)NCCCCC(N[C@@H](O)C1SC([C@@H](O)O[C@H]([C@H](O)O[C@@H]2C[C@]3(O)[C@H](O[C@H](O)c4ccccc4)[C@H]4[C@@]5(O[C@H](C)O)CO[C@H]5C[C@@H](O)[C@]4(C)[C@@H](O)[C@@H](O)[C@@H](C2C)C3(C)C)[C@H](N[C@@H](O)OC(C)(C)C)c2ccccc2)[C@H]2OCCCO[C@@H]12)[C@@H](C)O. The van der Waals surface area contributed by atoms with E-state index in [1.807, 2.05) is 0 Å². The summed E-state index contributed by atoms with van der Waals surface area (Å²) >= 11 is 1.13. The van der Waals surface area contributed by atoms with E-state index in [0.717, 1.165) is 11.8 Å². The van der Waals surface area contributed by atoms with Gasteiger partial charge in [0.05, 0.1) is 110 Å². The summed E-state index contributed by atoms with van der Waals surface area (Å²) in [6.07, 6.45) is -22.1. The molecule has 0 radical (unpaired) electrons. The van der Waals surface area contributed by atoms with E-state index >= 15 is 0 Å². The van der Waals surface area contributed by atoms with Gasteiger partial charge in [-0.3, -0.25) is 16.0 Å². The van der Waals surface area contributed by atoms with Crippen molar-refractivity contribution in [3.8, 4) is 0 Å². The standard InChI is InChI=1S/C67H111N3O23S/c1-37-43(35-67(82)57(91-59(78)41-22-15-12-16-23-41)55-65(9,56(76)49(75)47(37)64(67,7)8)44(73)34-45-66(55,36-88-45)92-39(3)72)89-60(79)50(48(40-20-13-11-14-21-40)70-62(81)93-63(4,5)6)90-61(80)54-52-51(86-27-19-28-87-52)53(94-54)58(77)69-42(38(2)71)24-17-18-26-68-46(74)25-29-84-32-33-85-31-30-83-10/h11-16,20-23,37-39,42-62,68-82H,17-19,24-36H2,1-10H3/t37?,38-,39-,42?,43-,44-,45+,46-,47-,48-,49+,50+,51-,52+,53?,54?,55-,56+,57-,58+,59+,60-,61+,62+,65+,66-,67+/m1/s1. The zero-order valence-electron chi connectivity index (χ0n) is 56.2. The number of methoxy groups -OCH3 is 1. The Morgan fingerprint density at radius 3 is 1.99 bits per heavy atom. The molecular weight excluding hydrogens is 1250 g/mol. The van der Waals surface area contributed by atoms with Crippen LogP contribution in [0.1, 0.15) is 131 Å². The van der Waals surface area contributed by atoms with Gasteiger partial charge in [0.25, 0.3) is 0 Å². The highest BCUT2D eigenvalue weighted by Gasteiger charge is 2.78. The lowest BCUT2D eigenvalue weighted by atomic mass is 9.42. The van der Waals surface area contributed by atoms with E-state index in [0.29, 0.717) is 82.8 Å². The Bertz CT molecular complexity index is 2550. The van der Waals surface area contributed by atoms with E-state index in [1.165, 1.54) is 6.92 Å². The molecule has 3 heterocycles. The molecule has 15 N–H and O–H groups in total. The van der Waals surface area contributed by atoms with Crippen LogP contribution in [-0.4, -0.2) is 260 Å². The minimum Gasteiger partial charge on any atom is -0.392 e. The van der Waals surface area contributed by atoms with Crippen LogP contribution in [0.4, 0.5) is 0 Å².